The van der Waals surface area contributed by atoms with Gasteiger partial charge in [-0.2, -0.15) is 0 Å². The molecule has 2 rings (SSSR count). The lowest BCUT2D eigenvalue weighted by Crippen LogP contribution is -2.49. The van der Waals surface area contributed by atoms with Crippen molar-refractivity contribution < 1.29 is 9.53 Å². The number of nitrogens with zero attached hydrogens (tertiary/aromatic N) is 4. The Morgan fingerprint density at radius 2 is 2.25 bits per heavy atom. The fraction of sp³-hybridized carbons (Fsp3) is 0.583. The predicted octanol–water partition coefficient (Wildman–Crippen LogP) is -0.423. The van der Waals surface area contributed by atoms with Crippen LogP contribution in [0.3, 0.4) is 0 Å². The van der Waals surface area contributed by atoms with Crippen molar-refractivity contribution in [3.05, 3.63) is 11.9 Å². The van der Waals surface area contributed by atoms with E-state index in [0.29, 0.717) is 43.8 Å². The van der Waals surface area contributed by atoms with E-state index in [4.69, 9.17) is 10.6 Å². The van der Waals surface area contributed by atoms with Gasteiger partial charge in [-0.1, -0.05) is 0 Å². The SMILES string of the molecule is CCOCc1nc(NN)cc(N2CCN(C)C(=O)C2)n1. The number of piperazine rings is 1. The van der Waals surface area contributed by atoms with E-state index in [2.05, 4.69) is 15.4 Å². The molecule has 1 saturated heterocycles. The van der Waals surface area contributed by atoms with Crippen LogP contribution in [0.5, 0.6) is 0 Å². The Kier molecular flexibility index (Phi) is 4.70. The number of carbonyl (C=O) groups is 1. The molecule has 0 aliphatic carbocycles. The topological polar surface area (TPSA) is 96.6 Å². The second-order valence-corrected chi connectivity index (χ2v) is 4.55. The Hall–Kier alpha value is -1.93. The first kappa shape index (κ1) is 14.5. The van der Waals surface area contributed by atoms with E-state index in [1.165, 1.54) is 0 Å². The molecule has 1 aliphatic rings. The van der Waals surface area contributed by atoms with E-state index < -0.39 is 0 Å². The number of carbonyl (C=O) groups excluding carboxylic acids is 1. The van der Waals surface area contributed by atoms with Crippen LogP contribution >= 0.6 is 0 Å². The number of nitrogens with one attached hydrogen (secondary N) is 1. The molecule has 1 fully saturated rings. The Morgan fingerprint density at radius 3 is 2.90 bits per heavy atom. The number of anilines is 2. The van der Waals surface area contributed by atoms with Gasteiger partial charge in [-0.25, -0.2) is 15.8 Å². The smallest absolute Gasteiger partial charge is 0.241 e. The fourth-order valence-corrected chi connectivity index (χ4v) is 1.93. The van der Waals surface area contributed by atoms with Gasteiger partial charge in [0.25, 0.3) is 0 Å². The van der Waals surface area contributed by atoms with E-state index in [9.17, 15) is 4.79 Å². The Labute approximate surface area is 117 Å². The Balaban J connectivity index is 2.19. The van der Waals surface area contributed by atoms with Crippen LogP contribution in [-0.2, 0) is 16.1 Å². The van der Waals surface area contributed by atoms with Crippen LogP contribution in [0.4, 0.5) is 11.6 Å². The van der Waals surface area contributed by atoms with Gasteiger partial charge in [0, 0.05) is 32.8 Å². The highest BCUT2D eigenvalue weighted by Crippen LogP contribution is 2.17. The molecule has 0 aromatic carbocycles. The van der Waals surface area contributed by atoms with Crippen molar-refractivity contribution in [2.45, 2.75) is 13.5 Å². The minimum Gasteiger partial charge on any atom is -0.374 e. The third-order valence-corrected chi connectivity index (χ3v) is 3.12. The standard InChI is InChI=1S/C12H20N6O2/c1-3-20-8-10-14-9(16-13)6-11(15-10)18-5-4-17(2)12(19)7-18/h6H,3-5,7-8,13H2,1-2H3,(H,14,15,16). The van der Waals surface area contributed by atoms with Crippen LogP contribution in [0, 0.1) is 0 Å². The quantitative estimate of drug-likeness (QED) is 0.558. The van der Waals surface area contributed by atoms with Gasteiger partial charge in [-0.05, 0) is 6.92 Å². The molecule has 8 nitrogen and oxygen atoms in total. The summed E-state index contributed by atoms with van der Waals surface area (Å²) in [5.74, 6) is 7.23. The summed E-state index contributed by atoms with van der Waals surface area (Å²) < 4.78 is 5.31. The molecule has 110 valence electrons. The van der Waals surface area contributed by atoms with Gasteiger partial charge in [0.05, 0.1) is 6.54 Å². The molecular formula is C12H20N6O2. The van der Waals surface area contributed by atoms with Gasteiger partial charge in [0.2, 0.25) is 5.91 Å². The van der Waals surface area contributed by atoms with Crippen molar-refractivity contribution in [3.8, 4) is 0 Å². The van der Waals surface area contributed by atoms with Crippen molar-refractivity contribution in [1.82, 2.24) is 14.9 Å². The zero-order chi connectivity index (χ0) is 14.5. The number of likely N-dealkylation sites (N-methyl/N-ethyl adjacent to an activating group) is 1. The van der Waals surface area contributed by atoms with Crippen molar-refractivity contribution in [2.24, 2.45) is 5.84 Å². The van der Waals surface area contributed by atoms with Crippen LogP contribution in [0.1, 0.15) is 12.7 Å². The van der Waals surface area contributed by atoms with Gasteiger partial charge >= 0.3 is 0 Å². The number of nitrogen functional groups attached to an aromatic ring is 1. The molecule has 1 aliphatic heterocycles. The van der Waals surface area contributed by atoms with Crippen LogP contribution in [0.2, 0.25) is 0 Å². The molecule has 0 spiro atoms. The Bertz CT molecular complexity index is 481. The molecule has 3 N–H and O–H groups in total. The largest absolute Gasteiger partial charge is 0.374 e. The number of rotatable bonds is 5. The van der Waals surface area contributed by atoms with Crippen LogP contribution in [-0.4, -0.2) is 54.1 Å². The lowest BCUT2D eigenvalue weighted by atomic mass is 10.3. The first-order valence-corrected chi connectivity index (χ1v) is 6.55. The number of ether oxygens (including phenoxy) is 1. The van der Waals surface area contributed by atoms with Gasteiger partial charge in [-0.3, -0.25) is 4.79 Å². The third kappa shape index (κ3) is 3.34. The van der Waals surface area contributed by atoms with E-state index in [-0.39, 0.29) is 5.91 Å². The third-order valence-electron chi connectivity index (χ3n) is 3.12. The zero-order valence-electron chi connectivity index (χ0n) is 11.8. The van der Waals surface area contributed by atoms with Crippen molar-refractivity contribution in [1.29, 1.82) is 0 Å². The maximum Gasteiger partial charge on any atom is 0.241 e. The summed E-state index contributed by atoms with van der Waals surface area (Å²) in [5, 5.41) is 0. The van der Waals surface area contributed by atoms with Crippen LogP contribution < -0.4 is 16.2 Å². The van der Waals surface area contributed by atoms with Gasteiger partial charge in [0.1, 0.15) is 18.2 Å². The molecule has 0 bridgehead atoms. The average molecular weight is 280 g/mol. The summed E-state index contributed by atoms with van der Waals surface area (Å²) in [6.07, 6.45) is 0. The van der Waals surface area contributed by atoms with Gasteiger partial charge < -0.3 is 20.0 Å². The first-order valence-electron chi connectivity index (χ1n) is 6.55. The highest BCUT2D eigenvalue weighted by Gasteiger charge is 2.22. The summed E-state index contributed by atoms with van der Waals surface area (Å²) in [6, 6.07) is 1.73. The monoisotopic (exact) mass is 280 g/mol. The summed E-state index contributed by atoms with van der Waals surface area (Å²) >= 11 is 0. The first-order chi connectivity index (χ1) is 9.63. The van der Waals surface area contributed by atoms with Crippen LogP contribution in [0.15, 0.2) is 6.07 Å². The summed E-state index contributed by atoms with van der Waals surface area (Å²) in [5.41, 5.74) is 2.51. The maximum atomic E-state index is 11.8. The van der Waals surface area contributed by atoms with E-state index >= 15 is 0 Å². The highest BCUT2D eigenvalue weighted by molar-refractivity contribution is 5.82. The van der Waals surface area contributed by atoms with Gasteiger partial charge in [-0.15, -0.1) is 0 Å². The molecule has 0 radical (unpaired) electrons. The van der Waals surface area contributed by atoms with E-state index in [1.54, 1.807) is 18.0 Å². The lowest BCUT2D eigenvalue weighted by Gasteiger charge is -2.32. The molecule has 1 aromatic heterocycles. The number of amides is 1. The number of hydrogen-bond donors (Lipinski definition) is 2. The molecule has 0 unspecified atom stereocenters. The highest BCUT2D eigenvalue weighted by atomic mass is 16.5. The average Bonchev–Trinajstić information content (AvgIpc) is 2.47. The molecule has 1 aromatic rings. The molecule has 20 heavy (non-hydrogen) atoms. The maximum absolute atomic E-state index is 11.8. The summed E-state index contributed by atoms with van der Waals surface area (Å²) in [6.45, 7) is 4.54. The second kappa shape index (κ2) is 6.49. The molecule has 2 heterocycles. The molecule has 8 heteroatoms. The molecule has 0 atom stereocenters. The second-order valence-electron chi connectivity index (χ2n) is 4.55. The number of hydrazine groups is 1. The normalized spacial score (nSPS) is 15.7. The van der Waals surface area contributed by atoms with E-state index in [1.807, 2.05) is 11.8 Å². The minimum atomic E-state index is 0.0727. The number of aromatic nitrogens is 2. The minimum absolute atomic E-state index is 0.0727. The molecule has 0 saturated carbocycles. The fourth-order valence-electron chi connectivity index (χ4n) is 1.93. The summed E-state index contributed by atoms with van der Waals surface area (Å²) in [4.78, 5) is 24.0. The summed E-state index contributed by atoms with van der Waals surface area (Å²) in [7, 11) is 1.80. The molecular weight excluding hydrogens is 260 g/mol. The van der Waals surface area contributed by atoms with Crippen molar-refractivity contribution in [3.63, 3.8) is 0 Å². The lowest BCUT2D eigenvalue weighted by molar-refractivity contribution is -0.129. The van der Waals surface area contributed by atoms with E-state index in [0.717, 1.165) is 6.54 Å². The number of hydrogen-bond acceptors (Lipinski definition) is 7. The van der Waals surface area contributed by atoms with Crippen LogP contribution in [0.25, 0.3) is 0 Å². The van der Waals surface area contributed by atoms with Gasteiger partial charge in [0.15, 0.2) is 5.82 Å². The zero-order valence-corrected chi connectivity index (χ0v) is 11.8. The molecule has 1 amide bonds. The predicted molar refractivity (Wildman–Crippen MR) is 75.0 cm³/mol. The number of nitrogens with two attached hydrogens (primary N) is 1. The van der Waals surface area contributed by atoms with Crippen molar-refractivity contribution in [2.75, 3.05) is 43.6 Å². The van der Waals surface area contributed by atoms with Crippen molar-refractivity contribution >= 4 is 17.5 Å². The Morgan fingerprint density at radius 1 is 1.45 bits per heavy atom.